The van der Waals surface area contributed by atoms with Gasteiger partial charge in [-0.1, -0.05) is 165 Å². The molecule has 60 heavy (non-hydrogen) atoms. The highest BCUT2D eigenvalue weighted by atomic mass is 15.0. The number of benzene rings is 9. The molecule has 0 saturated carbocycles. The molecule has 0 fully saturated rings. The summed E-state index contributed by atoms with van der Waals surface area (Å²) >= 11 is 0. The summed E-state index contributed by atoms with van der Waals surface area (Å²) in [6.45, 7) is 2.26. The molecule has 0 saturated heterocycles. The van der Waals surface area contributed by atoms with Crippen molar-refractivity contribution in [3.63, 3.8) is 0 Å². The molecule has 11 rings (SSSR count). The highest BCUT2D eigenvalue weighted by Gasteiger charge is 2.18. The van der Waals surface area contributed by atoms with Crippen LogP contribution in [-0.4, -0.2) is 9.13 Å². The second-order valence-electron chi connectivity index (χ2n) is 16.0. The first-order valence-corrected chi connectivity index (χ1v) is 21.2. The lowest BCUT2D eigenvalue weighted by molar-refractivity contribution is 0.795. The Hall–Kier alpha value is -7.42. The Morgan fingerprint density at radius 1 is 0.333 bits per heavy atom. The van der Waals surface area contributed by atoms with Crippen LogP contribution >= 0.6 is 0 Å². The molecule has 0 radical (unpaired) electrons. The number of aromatic nitrogens is 2. The quantitative estimate of drug-likeness (QED) is 0.138. The zero-order chi connectivity index (χ0) is 40.0. The van der Waals surface area contributed by atoms with Crippen LogP contribution in [0.25, 0.3) is 99.5 Å². The molecule has 0 aliphatic rings. The predicted octanol–water partition coefficient (Wildman–Crippen LogP) is 15.9. The topological polar surface area (TPSA) is 9.86 Å². The maximum absolute atomic E-state index is 2.46. The van der Waals surface area contributed by atoms with E-state index in [0.717, 1.165) is 12.1 Å². The minimum absolute atomic E-state index is 1.11. The van der Waals surface area contributed by atoms with E-state index in [-0.39, 0.29) is 0 Å². The van der Waals surface area contributed by atoms with Crippen molar-refractivity contribution in [2.45, 2.75) is 26.2 Å². The molecule has 11 aromatic rings. The average Bonchev–Trinajstić information content (AvgIpc) is 3.83. The van der Waals surface area contributed by atoms with Crippen LogP contribution in [-0.2, 0) is 6.42 Å². The number of aryl methyl sites for hydroxylation is 1. The number of hydrogen-bond acceptors (Lipinski definition) is 0. The Kier molecular flexibility index (Phi) is 8.97. The molecular weight excluding hydrogens is 725 g/mol. The van der Waals surface area contributed by atoms with Crippen LogP contribution in [0.3, 0.4) is 0 Å². The van der Waals surface area contributed by atoms with E-state index in [2.05, 4.69) is 228 Å². The lowest BCUT2D eigenvalue weighted by atomic mass is 9.99. The van der Waals surface area contributed by atoms with Crippen molar-refractivity contribution in [1.82, 2.24) is 9.13 Å². The summed E-state index contributed by atoms with van der Waals surface area (Å²) in [5, 5.41) is 5.02. The third kappa shape index (κ3) is 6.20. The van der Waals surface area contributed by atoms with Crippen molar-refractivity contribution >= 4 is 43.6 Å². The van der Waals surface area contributed by atoms with Gasteiger partial charge in [0, 0.05) is 32.8 Å². The van der Waals surface area contributed by atoms with Crippen LogP contribution in [0.15, 0.2) is 212 Å². The van der Waals surface area contributed by atoms with E-state index in [1.54, 1.807) is 0 Å². The smallest absolute Gasteiger partial charge is 0.0541 e. The van der Waals surface area contributed by atoms with Gasteiger partial charge in [0.1, 0.15) is 0 Å². The van der Waals surface area contributed by atoms with Gasteiger partial charge in [0.05, 0.1) is 27.8 Å². The fourth-order valence-electron chi connectivity index (χ4n) is 9.34. The first-order valence-electron chi connectivity index (χ1n) is 21.2. The van der Waals surface area contributed by atoms with E-state index in [9.17, 15) is 0 Å². The molecule has 286 valence electrons. The molecule has 0 spiro atoms. The molecule has 2 nitrogen and oxygen atoms in total. The molecule has 0 N–H and O–H groups in total. The summed E-state index contributed by atoms with van der Waals surface area (Å²) in [6, 6.07) is 78.1. The van der Waals surface area contributed by atoms with Gasteiger partial charge in [0.15, 0.2) is 0 Å². The second kappa shape index (κ2) is 15.1. The molecule has 9 aromatic carbocycles. The molecular formula is C58H44N2. The Labute approximate surface area is 351 Å². The van der Waals surface area contributed by atoms with E-state index in [1.807, 2.05) is 0 Å². The SMILES string of the molecule is CCCCc1cccc(-c2ccccc2-n2c3ccccc3c3cc(-c4ccc5c(c4)c4ccccc4n5-c4ccc(-c5cccc(-c6ccccc6)c5)cc4)ccc32)c1. The van der Waals surface area contributed by atoms with Gasteiger partial charge in [0.2, 0.25) is 0 Å². The Morgan fingerprint density at radius 3 is 1.53 bits per heavy atom. The first kappa shape index (κ1) is 35.7. The highest BCUT2D eigenvalue weighted by Crippen LogP contribution is 2.40. The van der Waals surface area contributed by atoms with Crippen molar-refractivity contribution in [1.29, 1.82) is 0 Å². The minimum atomic E-state index is 1.11. The van der Waals surface area contributed by atoms with Crippen molar-refractivity contribution < 1.29 is 0 Å². The van der Waals surface area contributed by atoms with Crippen molar-refractivity contribution in [3.8, 4) is 55.9 Å². The van der Waals surface area contributed by atoms with Gasteiger partial charge in [-0.05, 0) is 118 Å². The Balaban J connectivity index is 0.989. The monoisotopic (exact) mass is 768 g/mol. The summed E-state index contributed by atoms with van der Waals surface area (Å²) in [4.78, 5) is 0. The number of unbranched alkanes of at least 4 members (excludes halogenated alkanes) is 1. The zero-order valence-electron chi connectivity index (χ0n) is 33.7. The van der Waals surface area contributed by atoms with Crippen molar-refractivity contribution in [2.75, 3.05) is 0 Å². The van der Waals surface area contributed by atoms with Crippen LogP contribution in [0, 0.1) is 0 Å². The molecule has 0 bridgehead atoms. The maximum Gasteiger partial charge on any atom is 0.0541 e. The summed E-state index contributed by atoms with van der Waals surface area (Å²) in [7, 11) is 0. The standard InChI is InChI=1S/C58H44N2/c1-2-3-15-40-16-13-21-47(36-40)49-22-7-10-25-54(49)60-56-27-12-9-24-51(56)53-39-46(31-35-58(53)60)45-30-34-57-52(38-45)50-23-8-11-26-55(50)59(57)48-32-28-42(29-33-48)44-20-14-19-43(37-44)41-17-5-4-6-18-41/h4-14,16-39H,2-3,15H2,1H3. The van der Waals surface area contributed by atoms with E-state index < -0.39 is 0 Å². The van der Waals surface area contributed by atoms with Crippen LogP contribution in [0.2, 0.25) is 0 Å². The zero-order valence-corrected chi connectivity index (χ0v) is 33.7. The summed E-state index contributed by atoms with van der Waals surface area (Å²) in [5.41, 5.74) is 18.4. The van der Waals surface area contributed by atoms with Gasteiger partial charge in [0.25, 0.3) is 0 Å². The molecule has 0 amide bonds. The fourth-order valence-corrected chi connectivity index (χ4v) is 9.34. The highest BCUT2D eigenvalue weighted by molar-refractivity contribution is 6.13. The Morgan fingerprint density at radius 2 is 0.833 bits per heavy atom. The van der Waals surface area contributed by atoms with Gasteiger partial charge in [-0.2, -0.15) is 0 Å². The van der Waals surface area contributed by atoms with E-state index in [1.165, 1.54) is 112 Å². The molecule has 0 aliphatic carbocycles. The number of fused-ring (bicyclic) bond motifs is 6. The van der Waals surface area contributed by atoms with Gasteiger partial charge in [-0.25, -0.2) is 0 Å². The van der Waals surface area contributed by atoms with Gasteiger partial charge < -0.3 is 9.13 Å². The summed E-state index contributed by atoms with van der Waals surface area (Å²) in [5.74, 6) is 0. The summed E-state index contributed by atoms with van der Waals surface area (Å²) in [6.07, 6.45) is 3.51. The maximum atomic E-state index is 2.46. The molecule has 0 unspecified atom stereocenters. The van der Waals surface area contributed by atoms with Gasteiger partial charge in [-0.3, -0.25) is 0 Å². The summed E-state index contributed by atoms with van der Waals surface area (Å²) < 4.78 is 4.87. The van der Waals surface area contributed by atoms with Crippen molar-refractivity contribution in [2.24, 2.45) is 0 Å². The Bertz CT molecular complexity index is 3340. The van der Waals surface area contributed by atoms with Crippen LogP contribution < -0.4 is 0 Å². The van der Waals surface area contributed by atoms with Crippen molar-refractivity contribution in [3.05, 3.63) is 218 Å². The minimum Gasteiger partial charge on any atom is -0.309 e. The average molecular weight is 769 g/mol. The lowest BCUT2D eigenvalue weighted by Crippen LogP contribution is -1.97. The van der Waals surface area contributed by atoms with Gasteiger partial charge >= 0.3 is 0 Å². The van der Waals surface area contributed by atoms with E-state index in [4.69, 9.17) is 0 Å². The third-order valence-corrected chi connectivity index (χ3v) is 12.3. The number of nitrogens with zero attached hydrogens (tertiary/aromatic N) is 2. The normalized spacial score (nSPS) is 11.6. The largest absolute Gasteiger partial charge is 0.309 e. The number of hydrogen-bond donors (Lipinski definition) is 0. The number of para-hydroxylation sites is 3. The molecule has 2 heteroatoms. The number of rotatable bonds is 9. The van der Waals surface area contributed by atoms with Crippen LogP contribution in [0.4, 0.5) is 0 Å². The molecule has 0 atom stereocenters. The van der Waals surface area contributed by atoms with E-state index >= 15 is 0 Å². The molecule has 2 aromatic heterocycles. The van der Waals surface area contributed by atoms with Gasteiger partial charge in [-0.15, -0.1) is 0 Å². The third-order valence-electron chi connectivity index (χ3n) is 12.3. The van der Waals surface area contributed by atoms with E-state index in [0.29, 0.717) is 0 Å². The lowest BCUT2D eigenvalue weighted by Gasteiger charge is -2.15. The predicted molar refractivity (Wildman–Crippen MR) is 255 cm³/mol. The first-order chi connectivity index (χ1) is 29.7. The molecule has 0 aliphatic heterocycles. The fraction of sp³-hybridized carbons (Fsp3) is 0.0690. The van der Waals surface area contributed by atoms with Crippen LogP contribution in [0.1, 0.15) is 25.3 Å². The molecule has 2 heterocycles. The second-order valence-corrected chi connectivity index (χ2v) is 16.0. The van der Waals surface area contributed by atoms with Crippen LogP contribution in [0.5, 0.6) is 0 Å².